The Labute approximate surface area is 133 Å². The van der Waals surface area contributed by atoms with E-state index in [4.69, 9.17) is 0 Å². The minimum Gasteiger partial charge on any atom is -0.391 e. The number of amides is 2. The summed E-state index contributed by atoms with van der Waals surface area (Å²) < 4.78 is 27.6. The van der Waals surface area contributed by atoms with E-state index in [-0.39, 0.29) is 17.8 Å². The minimum absolute atomic E-state index is 0.0300. The molecule has 0 radical (unpaired) electrons. The van der Waals surface area contributed by atoms with E-state index in [1.807, 2.05) is 0 Å². The Kier molecular flexibility index (Phi) is 4.66. The van der Waals surface area contributed by atoms with E-state index in [0.29, 0.717) is 39.0 Å². The molecule has 2 atom stereocenters. The van der Waals surface area contributed by atoms with E-state index in [1.165, 1.54) is 18.2 Å². The normalized spacial score (nSPS) is 24.8. The van der Waals surface area contributed by atoms with Gasteiger partial charge in [-0.1, -0.05) is 6.07 Å². The van der Waals surface area contributed by atoms with Crippen LogP contribution < -0.4 is 10.2 Å². The number of para-hydroxylation sites is 1. The third-order valence-electron chi connectivity index (χ3n) is 4.45. The first-order valence-corrected chi connectivity index (χ1v) is 7.97. The third-order valence-corrected chi connectivity index (χ3v) is 4.45. The molecule has 5 nitrogen and oxygen atoms in total. The fourth-order valence-corrected chi connectivity index (χ4v) is 3.28. The van der Waals surface area contributed by atoms with Gasteiger partial charge in [0.2, 0.25) is 0 Å². The lowest BCUT2D eigenvalue weighted by Crippen LogP contribution is -2.50. The van der Waals surface area contributed by atoms with Crippen molar-refractivity contribution in [3.05, 3.63) is 29.8 Å². The molecule has 2 aliphatic rings. The summed E-state index contributed by atoms with van der Waals surface area (Å²) in [6.07, 6.45) is 1.66. The van der Waals surface area contributed by atoms with Crippen LogP contribution in [0.2, 0.25) is 0 Å². The van der Waals surface area contributed by atoms with Crippen molar-refractivity contribution in [2.24, 2.45) is 0 Å². The Bertz CT molecular complexity index is 564. The van der Waals surface area contributed by atoms with Gasteiger partial charge >= 0.3 is 6.03 Å². The minimum atomic E-state index is -0.587. The first kappa shape index (κ1) is 16.0. The van der Waals surface area contributed by atoms with Crippen LogP contribution in [0, 0.1) is 11.6 Å². The van der Waals surface area contributed by atoms with Gasteiger partial charge in [-0.3, -0.25) is 0 Å². The second kappa shape index (κ2) is 6.70. The van der Waals surface area contributed by atoms with Crippen LogP contribution in [-0.4, -0.2) is 54.4 Å². The molecule has 2 fully saturated rings. The number of nitrogens with zero attached hydrogens (tertiary/aromatic N) is 2. The Morgan fingerprint density at radius 1 is 1.17 bits per heavy atom. The van der Waals surface area contributed by atoms with E-state index in [0.717, 1.165) is 6.42 Å². The predicted octanol–water partition coefficient (Wildman–Crippen LogP) is 1.71. The lowest BCUT2D eigenvalue weighted by Gasteiger charge is -2.31. The van der Waals surface area contributed by atoms with Gasteiger partial charge in [-0.05, 0) is 31.4 Å². The van der Waals surface area contributed by atoms with Crippen LogP contribution >= 0.6 is 0 Å². The third kappa shape index (κ3) is 3.55. The van der Waals surface area contributed by atoms with E-state index in [1.54, 1.807) is 9.80 Å². The molecule has 2 amide bonds. The highest BCUT2D eigenvalue weighted by Gasteiger charge is 2.30. The number of carbonyl (C=O) groups excluding carboxylic acids is 1. The van der Waals surface area contributed by atoms with Gasteiger partial charge < -0.3 is 20.2 Å². The van der Waals surface area contributed by atoms with Crippen LogP contribution in [-0.2, 0) is 0 Å². The van der Waals surface area contributed by atoms with Crippen LogP contribution in [0.25, 0.3) is 0 Å². The Morgan fingerprint density at radius 3 is 2.61 bits per heavy atom. The predicted molar refractivity (Wildman–Crippen MR) is 82.3 cm³/mol. The zero-order valence-electron chi connectivity index (χ0n) is 12.8. The molecular formula is C16H21F2N3O2. The van der Waals surface area contributed by atoms with Crippen molar-refractivity contribution in [1.29, 1.82) is 0 Å². The van der Waals surface area contributed by atoms with Crippen LogP contribution in [0.15, 0.2) is 18.2 Å². The molecule has 2 saturated heterocycles. The number of likely N-dealkylation sites (tertiary alicyclic amines) is 1. The maximum Gasteiger partial charge on any atom is 0.317 e. The maximum atomic E-state index is 13.8. The number of hydrogen-bond donors (Lipinski definition) is 2. The number of nitrogens with one attached hydrogen (secondary N) is 1. The average Bonchev–Trinajstić information content (AvgIpc) is 2.95. The van der Waals surface area contributed by atoms with Crippen molar-refractivity contribution in [3.8, 4) is 0 Å². The van der Waals surface area contributed by atoms with Gasteiger partial charge in [0.05, 0.1) is 6.10 Å². The number of hydrogen-bond acceptors (Lipinski definition) is 3. The number of anilines is 1. The first-order valence-electron chi connectivity index (χ1n) is 7.97. The van der Waals surface area contributed by atoms with Crippen molar-refractivity contribution in [2.75, 3.05) is 31.1 Å². The van der Waals surface area contributed by atoms with Crippen LogP contribution in [0.5, 0.6) is 0 Å². The molecule has 2 heterocycles. The van der Waals surface area contributed by atoms with Gasteiger partial charge in [-0.2, -0.15) is 0 Å². The number of β-amino-alcohol motifs (C(OH)–C–C–N with tert-alkyl or cyclic N) is 1. The summed E-state index contributed by atoms with van der Waals surface area (Å²) >= 11 is 0. The zero-order valence-corrected chi connectivity index (χ0v) is 12.8. The smallest absolute Gasteiger partial charge is 0.317 e. The summed E-state index contributed by atoms with van der Waals surface area (Å²) in [6, 6.07) is 3.44. The standard InChI is InChI=1S/C16H21F2N3O2/c17-13-4-1-5-14(18)15(13)20-8-6-11(9-20)19-16(23)21-7-2-3-12(22)10-21/h1,4-5,11-12,22H,2-3,6-10H2,(H,19,23). The van der Waals surface area contributed by atoms with Gasteiger partial charge in [0.1, 0.15) is 17.3 Å². The Hall–Kier alpha value is -1.89. The molecule has 2 aliphatic heterocycles. The summed E-state index contributed by atoms with van der Waals surface area (Å²) in [7, 11) is 0. The number of benzene rings is 1. The zero-order chi connectivity index (χ0) is 16.4. The lowest BCUT2D eigenvalue weighted by molar-refractivity contribution is 0.0835. The topological polar surface area (TPSA) is 55.8 Å². The number of aliphatic hydroxyl groups is 1. The molecule has 3 rings (SSSR count). The fourth-order valence-electron chi connectivity index (χ4n) is 3.28. The molecule has 1 aromatic carbocycles. The number of piperidine rings is 1. The quantitative estimate of drug-likeness (QED) is 0.870. The molecule has 0 aliphatic carbocycles. The number of halogens is 2. The summed E-state index contributed by atoms with van der Waals surface area (Å²) in [5, 5.41) is 12.5. The average molecular weight is 325 g/mol. The molecule has 2 N–H and O–H groups in total. The number of rotatable bonds is 2. The molecule has 126 valence electrons. The van der Waals surface area contributed by atoms with Crippen molar-refractivity contribution < 1.29 is 18.7 Å². The van der Waals surface area contributed by atoms with Crippen molar-refractivity contribution in [3.63, 3.8) is 0 Å². The number of aliphatic hydroxyl groups excluding tert-OH is 1. The van der Waals surface area contributed by atoms with Crippen molar-refractivity contribution in [1.82, 2.24) is 10.2 Å². The van der Waals surface area contributed by atoms with Crippen LogP contribution in [0.3, 0.4) is 0 Å². The molecule has 0 saturated carbocycles. The van der Waals surface area contributed by atoms with Gasteiger partial charge in [0.15, 0.2) is 0 Å². The van der Waals surface area contributed by atoms with Gasteiger partial charge in [0, 0.05) is 32.2 Å². The van der Waals surface area contributed by atoms with Gasteiger partial charge in [-0.25, -0.2) is 13.6 Å². The SMILES string of the molecule is O=C(NC1CCN(c2c(F)cccc2F)C1)N1CCCC(O)C1. The van der Waals surface area contributed by atoms with Crippen molar-refractivity contribution >= 4 is 11.7 Å². The summed E-state index contributed by atoms with van der Waals surface area (Å²) in [4.78, 5) is 15.4. The fraction of sp³-hybridized carbons (Fsp3) is 0.562. The summed E-state index contributed by atoms with van der Waals surface area (Å²) in [5.74, 6) is -1.17. The van der Waals surface area contributed by atoms with E-state index in [2.05, 4.69) is 5.32 Å². The monoisotopic (exact) mass is 325 g/mol. The van der Waals surface area contributed by atoms with Gasteiger partial charge in [-0.15, -0.1) is 0 Å². The molecule has 1 aromatic rings. The number of urea groups is 1. The molecular weight excluding hydrogens is 304 g/mol. The number of carbonyl (C=O) groups is 1. The highest BCUT2D eigenvalue weighted by atomic mass is 19.1. The summed E-state index contributed by atoms with van der Waals surface area (Å²) in [5.41, 5.74) is -0.0300. The maximum absolute atomic E-state index is 13.8. The lowest BCUT2D eigenvalue weighted by atomic mass is 10.1. The molecule has 0 aromatic heterocycles. The highest BCUT2D eigenvalue weighted by Crippen LogP contribution is 2.26. The van der Waals surface area contributed by atoms with E-state index >= 15 is 0 Å². The second-order valence-electron chi connectivity index (χ2n) is 6.19. The largest absolute Gasteiger partial charge is 0.391 e. The molecule has 23 heavy (non-hydrogen) atoms. The Balaban J connectivity index is 1.58. The molecule has 7 heteroatoms. The molecule has 0 bridgehead atoms. The molecule has 0 spiro atoms. The highest BCUT2D eigenvalue weighted by molar-refractivity contribution is 5.75. The Morgan fingerprint density at radius 2 is 1.91 bits per heavy atom. The van der Waals surface area contributed by atoms with Crippen molar-refractivity contribution in [2.45, 2.75) is 31.4 Å². The van der Waals surface area contributed by atoms with Crippen LogP contribution in [0.1, 0.15) is 19.3 Å². The second-order valence-corrected chi connectivity index (χ2v) is 6.19. The van der Waals surface area contributed by atoms with Gasteiger partial charge in [0.25, 0.3) is 0 Å². The van der Waals surface area contributed by atoms with E-state index < -0.39 is 17.7 Å². The molecule has 2 unspecified atom stereocenters. The first-order chi connectivity index (χ1) is 11.0. The van der Waals surface area contributed by atoms with Crippen LogP contribution in [0.4, 0.5) is 19.3 Å². The summed E-state index contributed by atoms with van der Waals surface area (Å²) in [6.45, 7) is 1.83. The van der Waals surface area contributed by atoms with E-state index in [9.17, 15) is 18.7 Å².